The summed E-state index contributed by atoms with van der Waals surface area (Å²) in [5.74, 6) is 0.774. The fraction of sp³-hybridized carbons (Fsp3) is 0.324. The summed E-state index contributed by atoms with van der Waals surface area (Å²) < 4.78 is 20.4. The van der Waals surface area contributed by atoms with Gasteiger partial charge in [0, 0.05) is 92.1 Å². The molecular weight excluding hydrogens is 605 g/mol. The second-order valence-electron chi connectivity index (χ2n) is 11.3. The Morgan fingerprint density at radius 3 is 2.54 bits per heavy atom. The normalized spacial score (nSPS) is 15.9. The number of benzene rings is 2. The Kier molecular flexibility index (Phi) is 9.76. The van der Waals surface area contributed by atoms with E-state index in [0.717, 1.165) is 59.2 Å². The van der Waals surface area contributed by atoms with Gasteiger partial charge < -0.3 is 25.7 Å². The number of nitrogen functional groups attached to an aromatic ring is 1. The van der Waals surface area contributed by atoms with E-state index in [0.29, 0.717) is 48.9 Å². The van der Waals surface area contributed by atoms with Gasteiger partial charge in [-0.15, -0.1) is 11.3 Å². The number of carbonyl (C=O) groups is 2. The molecule has 0 atom stereocenters. The van der Waals surface area contributed by atoms with Crippen molar-refractivity contribution in [2.45, 2.75) is 19.4 Å². The fourth-order valence-electron chi connectivity index (χ4n) is 5.73. The molecule has 3 N–H and O–H groups in total. The van der Waals surface area contributed by atoms with Crippen molar-refractivity contribution in [2.24, 2.45) is 0 Å². The topological polar surface area (TPSA) is 129 Å². The molecule has 2 fully saturated rings. The van der Waals surface area contributed by atoms with Gasteiger partial charge in [0.25, 0.3) is 0 Å². The van der Waals surface area contributed by atoms with Crippen molar-refractivity contribution in [3.63, 3.8) is 0 Å². The molecule has 0 unspecified atom stereocenters. The predicted molar refractivity (Wildman–Crippen MR) is 180 cm³/mol. The summed E-state index contributed by atoms with van der Waals surface area (Å²) >= 11 is 1.68. The molecule has 10 nitrogen and oxygen atoms in total. The number of nitrogens with two attached hydrogens (primary N) is 1. The number of nitrogens with one attached hydrogen (secondary N) is 1. The highest BCUT2D eigenvalue weighted by Gasteiger charge is 2.24. The third-order valence-corrected chi connectivity index (χ3v) is 9.39. The summed E-state index contributed by atoms with van der Waals surface area (Å²) in [6, 6.07) is 13.9. The van der Waals surface area contributed by atoms with E-state index in [2.05, 4.69) is 15.9 Å². The van der Waals surface area contributed by atoms with Gasteiger partial charge in [0.1, 0.15) is 5.82 Å². The monoisotopic (exact) mass is 641 g/mol. The number of aromatic nitrogens is 2. The molecule has 238 valence electrons. The molecule has 0 radical (unpaired) electrons. The number of morpholine rings is 1. The van der Waals surface area contributed by atoms with Gasteiger partial charge in [-0.25, -0.2) is 14.4 Å². The van der Waals surface area contributed by atoms with Crippen molar-refractivity contribution in [1.82, 2.24) is 19.8 Å². The Bertz CT molecular complexity index is 1780. The van der Waals surface area contributed by atoms with E-state index in [1.165, 1.54) is 24.4 Å². The van der Waals surface area contributed by atoms with E-state index >= 15 is 0 Å². The van der Waals surface area contributed by atoms with Crippen LogP contribution in [0.1, 0.15) is 28.8 Å². The standard InChI is InChI=1S/C34H36FN7O3S/c35-28-6-2-1-4-23(28)8-9-24(43)10-11-31(44)41-14-12-40(13-15-41)22-25-20-30-32(46-25)34(42-16-18-45-19-17-42)39-33(38-30)26-5-3-7-29(37)27(26)21-36/h1-9,20-21,36H,10-19,22,37H2/b9-8+,36-21?. The number of hydrogen-bond donors (Lipinski definition) is 2. The Labute approximate surface area is 270 Å². The highest BCUT2D eigenvalue weighted by atomic mass is 32.1. The predicted octanol–water partition coefficient (Wildman–Crippen LogP) is 4.62. The third-order valence-electron chi connectivity index (χ3n) is 8.28. The van der Waals surface area contributed by atoms with Gasteiger partial charge in [0.15, 0.2) is 17.4 Å². The molecule has 2 aromatic heterocycles. The Hall–Kier alpha value is -4.52. The number of piperazine rings is 1. The number of fused-ring (bicyclic) bond motifs is 1. The number of anilines is 2. The van der Waals surface area contributed by atoms with Gasteiger partial charge in [-0.2, -0.15) is 0 Å². The summed E-state index contributed by atoms with van der Waals surface area (Å²) in [6.45, 7) is 6.08. The molecule has 2 aromatic carbocycles. The highest BCUT2D eigenvalue weighted by Crippen LogP contribution is 2.36. The van der Waals surface area contributed by atoms with Crippen LogP contribution in [0.15, 0.2) is 54.6 Å². The number of nitrogens with zero attached hydrogens (tertiary/aromatic N) is 5. The lowest BCUT2D eigenvalue weighted by molar-refractivity contribution is -0.134. The molecule has 0 aliphatic carbocycles. The Balaban J connectivity index is 1.10. The Morgan fingerprint density at radius 2 is 1.78 bits per heavy atom. The molecule has 4 aromatic rings. The van der Waals surface area contributed by atoms with Crippen LogP contribution >= 0.6 is 11.3 Å². The maximum atomic E-state index is 13.8. The van der Waals surface area contributed by atoms with E-state index in [4.69, 9.17) is 25.8 Å². The van der Waals surface area contributed by atoms with Gasteiger partial charge in [0.05, 0.1) is 23.4 Å². The van der Waals surface area contributed by atoms with Crippen LogP contribution in [0.4, 0.5) is 15.9 Å². The minimum Gasteiger partial charge on any atom is -0.398 e. The quantitative estimate of drug-likeness (QED) is 0.146. The van der Waals surface area contributed by atoms with Crippen molar-refractivity contribution in [3.8, 4) is 11.4 Å². The summed E-state index contributed by atoms with van der Waals surface area (Å²) in [6.07, 6.45) is 4.27. The lowest BCUT2D eigenvalue weighted by Gasteiger charge is -2.34. The first kappa shape index (κ1) is 31.5. The second-order valence-corrected chi connectivity index (χ2v) is 12.5. The lowest BCUT2D eigenvalue weighted by atomic mass is 10.1. The zero-order chi connectivity index (χ0) is 32.0. The average molecular weight is 642 g/mol. The molecular formula is C34H36FN7O3S. The van der Waals surface area contributed by atoms with Gasteiger partial charge in [0.2, 0.25) is 5.91 Å². The van der Waals surface area contributed by atoms with Crippen LogP contribution in [0.2, 0.25) is 0 Å². The fourth-order valence-corrected chi connectivity index (χ4v) is 6.89. The molecule has 2 aliphatic heterocycles. The zero-order valence-corrected chi connectivity index (χ0v) is 26.3. The summed E-state index contributed by atoms with van der Waals surface area (Å²) in [4.78, 5) is 42.6. The van der Waals surface area contributed by atoms with Gasteiger partial charge in [-0.1, -0.05) is 30.3 Å². The van der Waals surface area contributed by atoms with Crippen LogP contribution in [0, 0.1) is 11.2 Å². The zero-order valence-electron chi connectivity index (χ0n) is 25.5. The summed E-state index contributed by atoms with van der Waals surface area (Å²) in [5.41, 5.74) is 9.21. The van der Waals surface area contributed by atoms with Crippen molar-refractivity contribution in [3.05, 3.63) is 76.4 Å². The van der Waals surface area contributed by atoms with E-state index in [1.54, 1.807) is 35.6 Å². The van der Waals surface area contributed by atoms with Crippen molar-refractivity contribution in [2.75, 3.05) is 63.1 Å². The summed E-state index contributed by atoms with van der Waals surface area (Å²) in [7, 11) is 0. The van der Waals surface area contributed by atoms with Crippen LogP contribution in [0.5, 0.6) is 0 Å². The molecule has 0 spiro atoms. The van der Waals surface area contributed by atoms with Gasteiger partial charge >= 0.3 is 0 Å². The first-order chi connectivity index (χ1) is 22.4. The van der Waals surface area contributed by atoms with Crippen LogP contribution in [0.25, 0.3) is 27.7 Å². The van der Waals surface area contributed by atoms with Crippen molar-refractivity contribution >= 4 is 57.0 Å². The minimum atomic E-state index is -0.387. The largest absolute Gasteiger partial charge is 0.398 e. The Morgan fingerprint density at radius 1 is 1.00 bits per heavy atom. The molecule has 12 heteroatoms. The van der Waals surface area contributed by atoms with E-state index in [1.807, 2.05) is 17.0 Å². The van der Waals surface area contributed by atoms with E-state index < -0.39 is 0 Å². The minimum absolute atomic E-state index is 0.0436. The lowest BCUT2D eigenvalue weighted by Crippen LogP contribution is -2.48. The number of rotatable bonds is 10. The van der Waals surface area contributed by atoms with Crippen LogP contribution in [0.3, 0.4) is 0 Å². The first-order valence-corrected chi connectivity index (χ1v) is 16.2. The number of hydrogen-bond acceptors (Lipinski definition) is 10. The maximum Gasteiger partial charge on any atom is 0.223 e. The molecule has 2 aliphatic rings. The smallest absolute Gasteiger partial charge is 0.223 e. The molecule has 0 bridgehead atoms. The van der Waals surface area contributed by atoms with Crippen molar-refractivity contribution < 1.29 is 18.7 Å². The maximum absolute atomic E-state index is 13.8. The molecule has 2 saturated heterocycles. The second kappa shape index (κ2) is 14.3. The molecule has 46 heavy (non-hydrogen) atoms. The molecule has 1 amide bonds. The highest BCUT2D eigenvalue weighted by molar-refractivity contribution is 7.19. The number of carbonyl (C=O) groups excluding carboxylic acids is 2. The number of amides is 1. The number of allylic oxidation sites excluding steroid dienone is 1. The first-order valence-electron chi connectivity index (χ1n) is 15.4. The van der Waals surface area contributed by atoms with E-state index in [9.17, 15) is 14.0 Å². The molecule has 0 saturated carbocycles. The van der Waals surface area contributed by atoms with Crippen molar-refractivity contribution in [1.29, 1.82) is 5.41 Å². The number of ketones is 1. The third kappa shape index (κ3) is 7.14. The van der Waals surface area contributed by atoms with Crippen LogP contribution < -0.4 is 10.6 Å². The molecule has 6 rings (SSSR count). The van der Waals surface area contributed by atoms with Gasteiger partial charge in [-0.05, 0) is 30.4 Å². The average Bonchev–Trinajstić information content (AvgIpc) is 3.49. The van der Waals surface area contributed by atoms with Crippen LogP contribution in [-0.2, 0) is 20.9 Å². The number of thiophene rings is 1. The SMILES string of the molecule is N=Cc1c(N)cccc1-c1nc(N2CCOCC2)c2sc(CN3CCN(C(=O)CCC(=O)/C=C/c4ccccc4F)CC3)cc2n1. The summed E-state index contributed by atoms with van der Waals surface area (Å²) in [5, 5.41) is 7.93. The van der Waals surface area contributed by atoms with E-state index in [-0.39, 0.29) is 30.3 Å². The van der Waals surface area contributed by atoms with Gasteiger partial charge in [-0.3, -0.25) is 14.5 Å². The molecule has 4 heterocycles. The number of ether oxygens (including phenoxy) is 1. The van der Waals surface area contributed by atoms with Crippen LogP contribution in [-0.4, -0.2) is 90.2 Å². The number of halogens is 1.